The van der Waals surface area contributed by atoms with Crippen LogP contribution in [0.3, 0.4) is 0 Å². The molecule has 1 saturated heterocycles. The maximum atomic E-state index is 10.5. The molecule has 1 rings (SSSR count). The Kier molecular flexibility index (Phi) is 6.46. The third kappa shape index (κ3) is 7.29. The van der Waals surface area contributed by atoms with Crippen LogP contribution in [0.15, 0.2) is 0 Å². The highest BCUT2D eigenvalue weighted by molar-refractivity contribution is 7.83. The lowest BCUT2D eigenvalue weighted by molar-refractivity contribution is -0.115. The van der Waals surface area contributed by atoms with E-state index in [4.69, 9.17) is 4.55 Å². The topological polar surface area (TPSA) is 77.9 Å². The summed E-state index contributed by atoms with van der Waals surface area (Å²) in [5.41, 5.74) is 0. The van der Waals surface area contributed by atoms with Gasteiger partial charge in [0.1, 0.15) is 0 Å². The molecule has 0 bridgehead atoms. The van der Waals surface area contributed by atoms with Crippen molar-refractivity contribution in [3.63, 3.8) is 0 Å². The predicted octanol–water partition coefficient (Wildman–Crippen LogP) is -0.0205. The monoisotopic (exact) mass is 238 g/mol. The van der Waals surface area contributed by atoms with E-state index >= 15 is 0 Å². The van der Waals surface area contributed by atoms with Gasteiger partial charge in [-0.05, 0) is 12.8 Å². The number of piperidine rings is 1. The van der Waals surface area contributed by atoms with Crippen molar-refractivity contribution in [3.8, 4) is 0 Å². The molecule has 1 N–H and O–H groups in total. The number of carbonyl (C=O) groups excluding carboxylic acids is 1. The molecular weight excluding hydrogens is 220 g/mol. The smallest absolute Gasteiger partial charge is 0.335 e. The van der Waals surface area contributed by atoms with E-state index in [9.17, 15) is 13.2 Å². The van der Waals surface area contributed by atoms with Gasteiger partial charge < -0.3 is 4.90 Å². The zero-order chi connectivity index (χ0) is 11.9. The first-order chi connectivity index (χ1) is 6.88. The molecule has 0 spiro atoms. The Morgan fingerprint density at radius 3 is 1.80 bits per heavy atom. The van der Waals surface area contributed by atoms with E-state index in [1.54, 1.807) is 14.1 Å². The molecule has 0 aromatic carbocycles. The van der Waals surface area contributed by atoms with Crippen LogP contribution in [0.5, 0.6) is 0 Å². The van der Waals surface area contributed by atoms with E-state index in [1.165, 1.54) is 4.90 Å². The van der Waals surface area contributed by atoms with E-state index in [-0.39, 0.29) is 0 Å². The molecule has 0 aromatic heterocycles. The lowest BCUT2D eigenvalue weighted by Gasteiger charge is -2.22. The number of carbonyl (C=O) groups is 1. The first-order valence-electron chi connectivity index (χ1n) is 4.72. The summed E-state index contributed by atoms with van der Waals surface area (Å²) in [6.07, 6.45) is 3.53. The van der Waals surface area contributed by atoms with Crippen LogP contribution in [-0.2, 0) is 15.1 Å². The third-order valence-corrected chi connectivity index (χ3v) is 2.87. The number of hydrogen-bond donors (Lipinski definition) is 1. The number of nitrogens with zero attached hydrogens (tertiary/aromatic N) is 2. The van der Waals surface area contributed by atoms with Crippen molar-refractivity contribution in [3.05, 3.63) is 0 Å². The second-order valence-electron chi connectivity index (χ2n) is 3.51. The SMILES string of the molecule is CN(C)C=O.O=S(=O)(O)N1CCCCC1. The fraction of sp³-hybridized carbons (Fsp3) is 0.875. The van der Waals surface area contributed by atoms with Gasteiger partial charge in [-0.2, -0.15) is 12.7 Å². The molecule has 90 valence electrons. The molecule has 0 atom stereocenters. The van der Waals surface area contributed by atoms with Gasteiger partial charge in [0.15, 0.2) is 0 Å². The molecule has 1 aliphatic rings. The van der Waals surface area contributed by atoms with Crippen molar-refractivity contribution >= 4 is 16.7 Å². The number of rotatable bonds is 2. The Balaban J connectivity index is 0.000000336. The van der Waals surface area contributed by atoms with E-state index in [2.05, 4.69) is 0 Å². The molecule has 0 saturated carbocycles. The summed E-state index contributed by atoms with van der Waals surface area (Å²) in [7, 11) is -0.518. The minimum absolute atomic E-state index is 0.471. The molecule has 0 aliphatic carbocycles. The summed E-state index contributed by atoms with van der Waals surface area (Å²) in [4.78, 5) is 10.9. The van der Waals surface area contributed by atoms with E-state index < -0.39 is 10.3 Å². The standard InChI is InChI=1S/C5H11NO3S.C3H7NO/c7-10(8,9)6-4-2-1-3-5-6;1-4(2)3-5/h1-5H2,(H,7,8,9);3H,1-2H3. The van der Waals surface area contributed by atoms with Crippen molar-refractivity contribution in [2.75, 3.05) is 27.2 Å². The van der Waals surface area contributed by atoms with E-state index in [0.29, 0.717) is 13.1 Å². The highest BCUT2D eigenvalue weighted by Crippen LogP contribution is 2.10. The molecule has 6 nitrogen and oxygen atoms in total. The summed E-state index contributed by atoms with van der Waals surface area (Å²) >= 11 is 0. The Morgan fingerprint density at radius 1 is 1.20 bits per heavy atom. The normalized spacial score (nSPS) is 17.5. The van der Waals surface area contributed by atoms with Crippen molar-refractivity contribution in [2.45, 2.75) is 19.3 Å². The zero-order valence-corrected chi connectivity index (χ0v) is 9.90. The van der Waals surface area contributed by atoms with Gasteiger partial charge in [-0.1, -0.05) is 6.42 Å². The molecule has 1 heterocycles. The molecular formula is C8H18N2O4S. The van der Waals surface area contributed by atoms with Gasteiger partial charge >= 0.3 is 10.3 Å². The Bertz CT molecular complexity index is 270. The second-order valence-corrected chi connectivity index (χ2v) is 4.92. The molecule has 1 amide bonds. The van der Waals surface area contributed by atoms with Crippen LogP contribution in [0.4, 0.5) is 0 Å². The maximum absolute atomic E-state index is 10.5. The summed E-state index contributed by atoms with van der Waals surface area (Å²) in [6.45, 7) is 0.942. The number of hydrogen-bond acceptors (Lipinski definition) is 3. The zero-order valence-electron chi connectivity index (χ0n) is 9.09. The van der Waals surface area contributed by atoms with Crippen molar-refractivity contribution < 1.29 is 17.8 Å². The first kappa shape index (κ1) is 14.3. The van der Waals surface area contributed by atoms with Crippen molar-refractivity contribution in [2.24, 2.45) is 0 Å². The summed E-state index contributed by atoms with van der Waals surface area (Å²) in [6, 6.07) is 0. The molecule has 15 heavy (non-hydrogen) atoms. The number of amides is 1. The van der Waals surface area contributed by atoms with Crippen molar-refractivity contribution in [1.29, 1.82) is 0 Å². The largest absolute Gasteiger partial charge is 0.351 e. The van der Waals surface area contributed by atoms with Gasteiger partial charge in [0.25, 0.3) is 0 Å². The highest BCUT2D eigenvalue weighted by atomic mass is 32.2. The van der Waals surface area contributed by atoms with E-state index in [1.807, 2.05) is 0 Å². The Morgan fingerprint density at radius 2 is 1.60 bits per heavy atom. The summed E-state index contributed by atoms with van der Waals surface area (Å²) in [5.74, 6) is 0. The van der Waals surface area contributed by atoms with E-state index in [0.717, 1.165) is 30.0 Å². The lowest BCUT2D eigenvalue weighted by Crippen LogP contribution is -2.34. The second kappa shape index (κ2) is 6.76. The molecule has 0 aromatic rings. The van der Waals surface area contributed by atoms with Crippen LogP contribution in [0.25, 0.3) is 0 Å². The fourth-order valence-corrected chi connectivity index (χ4v) is 1.82. The van der Waals surface area contributed by atoms with Crippen LogP contribution < -0.4 is 0 Å². The van der Waals surface area contributed by atoms with Gasteiger partial charge in [0, 0.05) is 27.2 Å². The fourth-order valence-electron chi connectivity index (χ4n) is 1.10. The van der Waals surface area contributed by atoms with Gasteiger partial charge in [-0.3, -0.25) is 9.35 Å². The van der Waals surface area contributed by atoms with Crippen LogP contribution in [0.1, 0.15) is 19.3 Å². The van der Waals surface area contributed by atoms with Crippen LogP contribution >= 0.6 is 0 Å². The van der Waals surface area contributed by atoms with Crippen LogP contribution in [0, 0.1) is 0 Å². The summed E-state index contributed by atoms with van der Waals surface area (Å²) < 4.78 is 30.6. The molecule has 7 heteroatoms. The highest BCUT2D eigenvalue weighted by Gasteiger charge is 2.20. The average Bonchev–Trinajstić information content (AvgIpc) is 2.19. The van der Waals surface area contributed by atoms with Gasteiger partial charge in [0.2, 0.25) is 6.41 Å². The van der Waals surface area contributed by atoms with Crippen molar-refractivity contribution in [1.82, 2.24) is 9.21 Å². The van der Waals surface area contributed by atoms with Gasteiger partial charge in [-0.15, -0.1) is 0 Å². The lowest BCUT2D eigenvalue weighted by atomic mass is 10.2. The van der Waals surface area contributed by atoms with Crippen LogP contribution in [-0.4, -0.2) is 55.8 Å². The van der Waals surface area contributed by atoms with Gasteiger partial charge in [0.05, 0.1) is 0 Å². The Hall–Kier alpha value is -0.660. The first-order valence-corrected chi connectivity index (χ1v) is 6.12. The molecule has 1 aliphatic heterocycles. The summed E-state index contributed by atoms with van der Waals surface area (Å²) in [5, 5.41) is 0. The molecule has 0 unspecified atom stereocenters. The Labute approximate surface area is 90.7 Å². The average molecular weight is 238 g/mol. The molecule has 1 fully saturated rings. The predicted molar refractivity (Wildman–Crippen MR) is 56.7 cm³/mol. The minimum atomic E-state index is -3.89. The van der Waals surface area contributed by atoms with Crippen LogP contribution in [0.2, 0.25) is 0 Å². The molecule has 0 radical (unpaired) electrons. The quantitative estimate of drug-likeness (QED) is 0.541. The maximum Gasteiger partial charge on any atom is 0.335 e. The third-order valence-electron chi connectivity index (χ3n) is 1.85. The minimum Gasteiger partial charge on any atom is -0.351 e. The van der Waals surface area contributed by atoms with Gasteiger partial charge in [-0.25, -0.2) is 0 Å².